The maximum Gasteiger partial charge on any atom is 0.250 e. The summed E-state index contributed by atoms with van der Waals surface area (Å²) in [4.78, 5) is 0. The van der Waals surface area contributed by atoms with Gasteiger partial charge in [-0.15, -0.1) is 11.3 Å². The van der Waals surface area contributed by atoms with E-state index < -0.39 is 16.1 Å². The zero-order valence-corrected chi connectivity index (χ0v) is 13.8. The van der Waals surface area contributed by atoms with Crippen LogP contribution in [0.1, 0.15) is 25.8 Å². The number of hydrogen-bond acceptors (Lipinski definition) is 4. The van der Waals surface area contributed by atoms with Crippen molar-refractivity contribution >= 4 is 37.3 Å². The fourth-order valence-electron chi connectivity index (χ4n) is 1.47. The van der Waals surface area contributed by atoms with Crippen LogP contribution >= 0.6 is 27.3 Å². The standard InChI is InChI=1S/C11H18BrNO3S2/c1-7(2)4-9(14)6-13-18(15,16)10-5-8(3)11(12)17-10/h5,7,9,13-14H,4,6H2,1-3H3. The van der Waals surface area contributed by atoms with Gasteiger partial charge >= 0.3 is 0 Å². The molecule has 1 atom stereocenters. The summed E-state index contributed by atoms with van der Waals surface area (Å²) < 4.78 is 27.4. The van der Waals surface area contributed by atoms with Crippen molar-refractivity contribution in [3.8, 4) is 0 Å². The highest BCUT2D eigenvalue weighted by atomic mass is 79.9. The third-order valence-electron chi connectivity index (χ3n) is 2.35. The van der Waals surface area contributed by atoms with Gasteiger partial charge in [-0.1, -0.05) is 13.8 Å². The van der Waals surface area contributed by atoms with Crippen LogP contribution in [-0.2, 0) is 10.0 Å². The quantitative estimate of drug-likeness (QED) is 0.823. The van der Waals surface area contributed by atoms with Gasteiger partial charge in [-0.2, -0.15) is 0 Å². The number of aryl methyl sites for hydroxylation is 1. The normalized spacial score (nSPS) is 14.1. The molecule has 1 unspecified atom stereocenters. The summed E-state index contributed by atoms with van der Waals surface area (Å²) in [5.74, 6) is 0.336. The molecule has 0 aliphatic carbocycles. The molecule has 4 nitrogen and oxygen atoms in total. The molecular formula is C11H18BrNO3S2. The van der Waals surface area contributed by atoms with Crippen LogP contribution in [0.25, 0.3) is 0 Å². The van der Waals surface area contributed by atoms with Gasteiger partial charge < -0.3 is 5.11 Å². The van der Waals surface area contributed by atoms with Crippen molar-refractivity contribution in [2.45, 2.75) is 37.5 Å². The maximum atomic E-state index is 12.0. The highest BCUT2D eigenvalue weighted by Gasteiger charge is 2.19. The van der Waals surface area contributed by atoms with Gasteiger partial charge in [-0.05, 0) is 46.8 Å². The lowest BCUT2D eigenvalue weighted by atomic mass is 10.1. The summed E-state index contributed by atoms with van der Waals surface area (Å²) in [6, 6.07) is 1.62. The minimum atomic E-state index is -3.51. The second-order valence-electron chi connectivity index (χ2n) is 4.66. The Labute approximate surface area is 121 Å². The van der Waals surface area contributed by atoms with E-state index in [2.05, 4.69) is 20.7 Å². The molecule has 0 aliphatic heterocycles. The Balaban J connectivity index is 2.66. The Morgan fingerprint density at radius 3 is 2.56 bits per heavy atom. The summed E-state index contributed by atoms with van der Waals surface area (Å²) in [6.07, 6.45) is -0.0698. The Kier molecular flexibility index (Phi) is 5.79. The van der Waals surface area contributed by atoms with Crippen molar-refractivity contribution in [3.63, 3.8) is 0 Å². The van der Waals surface area contributed by atoms with Crippen molar-refractivity contribution in [1.82, 2.24) is 4.72 Å². The van der Waals surface area contributed by atoms with E-state index in [9.17, 15) is 13.5 Å². The van der Waals surface area contributed by atoms with E-state index in [1.807, 2.05) is 20.8 Å². The van der Waals surface area contributed by atoms with Crippen LogP contribution in [0.15, 0.2) is 14.1 Å². The predicted octanol–water partition coefficient (Wildman–Crippen LogP) is 2.50. The second-order valence-corrected chi connectivity index (χ2v) is 9.02. The van der Waals surface area contributed by atoms with Gasteiger partial charge in [-0.25, -0.2) is 13.1 Å². The summed E-state index contributed by atoms with van der Waals surface area (Å²) in [5, 5.41) is 9.66. The minimum Gasteiger partial charge on any atom is -0.392 e. The molecule has 1 aromatic rings. The number of thiophene rings is 1. The molecule has 0 bridgehead atoms. The van der Waals surface area contributed by atoms with Crippen LogP contribution in [0, 0.1) is 12.8 Å². The SMILES string of the molecule is Cc1cc(S(=O)(=O)NCC(O)CC(C)C)sc1Br. The molecular weight excluding hydrogens is 338 g/mol. The van der Waals surface area contributed by atoms with Crippen molar-refractivity contribution in [2.75, 3.05) is 6.54 Å². The first-order valence-corrected chi connectivity index (χ1v) is 8.75. The molecule has 1 heterocycles. The van der Waals surface area contributed by atoms with Gasteiger partial charge in [0.05, 0.1) is 9.89 Å². The molecule has 0 saturated carbocycles. The molecule has 1 rings (SSSR count). The van der Waals surface area contributed by atoms with Crippen molar-refractivity contribution in [3.05, 3.63) is 15.4 Å². The maximum absolute atomic E-state index is 12.0. The Morgan fingerprint density at radius 1 is 1.50 bits per heavy atom. The lowest BCUT2D eigenvalue weighted by molar-refractivity contribution is 0.152. The number of rotatable bonds is 6. The molecule has 7 heteroatoms. The van der Waals surface area contributed by atoms with Crippen molar-refractivity contribution in [1.29, 1.82) is 0 Å². The molecule has 1 aromatic heterocycles. The van der Waals surface area contributed by atoms with Crippen molar-refractivity contribution in [2.24, 2.45) is 5.92 Å². The molecule has 0 spiro atoms. The number of hydrogen-bond donors (Lipinski definition) is 2. The van der Waals surface area contributed by atoms with Gasteiger partial charge in [0.2, 0.25) is 10.0 Å². The molecule has 18 heavy (non-hydrogen) atoms. The third-order valence-corrected chi connectivity index (χ3v) is 6.39. The van der Waals surface area contributed by atoms with Gasteiger partial charge in [0, 0.05) is 6.54 Å². The number of halogens is 1. The second kappa shape index (κ2) is 6.47. The predicted molar refractivity (Wildman–Crippen MR) is 77.4 cm³/mol. The van der Waals surface area contributed by atoms with Gasteiger partial charge in [0.1, 0.15) is 4.21 Å². The molecule has 0 saturated heterocycles. The van der Waals surface area contributed by atoms with E-state index >= 15 is 0 Å². The van der Waals surface area contributed by atoms with Crippen LogP contribution in [0.2, 0.25) is 0 Å². The van der Waals surface area contributed by atoms with Crippen LogP contribution in [0.5, 0.6) is 0 Å². The zero-order valence-electron chi connectivity index (χ0n) is 10.6. The average Bonchev–Trinajstić information content (AvgIpc) is 2.56. The summed E-state index contributed by atoms with van der Waals surface area (Å²) in [7, 11) is -3.51. The fraction of sp³-hybridized carbons (Fsp3) is 0.636. The fourth-order valence-corrected chi connectivity index (χ4v) is 4.81. The van der Waals surface area contributed by atoms with Crippen molar-refractivity contribution < 1.29 is 13.5 Å². The number of sulfonamides is 1. The summed E-state index contributed by atoms with van der Waals surface area (Å²) >= 11 is 4.47. The first-order chi connectivity index (χ1) is 8.22. The van der Waals surface area contributed by atoms with E-state index in [4.69, 9.17) is 0 Å². The topological polar surface area (TPSA) is 66.4 Å². The molecule has 2 N–H and O–H groups in total. The van der Waals surface area contributed by atoms with E-state index in [0.29, 0.717) is 12.3 Å². The van der Waals surface area contributed by atoms with Crippen LogP contribution < -0.4 is 4.72 Å². The molecule has 0 radical (unpaired) electrons. The van der Waals surface area contributed by atoms with Crippen LogP contribution in [-0.4, -0.2) is 26.2 Å². The minimum absolute atomic E-state index is 0.0507. The Hall–Kier alpha value is 0.0500. The van der Waals surface area contributed by atoms with Crippen LogP contribution in [0.4, 0.5) is 0 Å². The highest BCUT2D eigenvalue weighted by Crippen LogP contribution is 2.30. The van der Waals surface area contributed by atoms with E-state index in [-0.39, 0.29) is 10.8 Å². The van der Waals surface area contributed by atoms with Crippen LogP contribution in [0.3, 0.4) is 0 Å². The van der Waals surface area contributed by atoms with Gasteiger partial charge in [0.15, 0.2) is 0 Å². The van der Waals surface area contributed by atoms with E-state index in [0.717, 1.165) is 9.35 Å². The zero-order chi connectivity index (χ0) is 13.9. The highest BCUT2D eigenvalue weighted by molar-refractivity contribution is 9.11. The Bertz CT molecular complexity index is 477. The molecule has 0 aliphatic rings. The number of nitrogens with one attached hydrogen (secondary N) is 1. The summed E-state index contributed by atoms with van der Waals surface area (Å²) in [6.45, 7) is 5.86. The number of aliphatic hydroxyl groups is 1. The van der Waals surface area contributed by atoms with Gasteiger partial charge in [-0.3, -0.25) is 0 Å². The summed E-state index contributed by atoms with van der Waals surface area (Å²) in [5.41, 5.74) is 0.892. The van der Waals surface area contributed by atoms with Gasteiger partial charge in [0.25, 0.3) is 0 Å². The first-order valence-electron chi connectivity index (χ1n) is 5.66. The molecule has 0 fully saturated rings. The monoisotopic (exact) mass is 355 g/mol. The van der Waals surface area contributed by atoms with E-state index in [1.54, 1.807) is 6.07 Å². The first kappa shape index (κ1) is 16.1. The lowest BCUT2D eigenvalue weighted by Crippen LogP contribution is -2.32. The largest absolute Gasteiger partial charge is 0.392 e. The third kappa shape index (κ3) is 4.62. The molecule has 104 valence electrons. The smallest absolute Gasteiger partial charge is 0.250 e. The molecule has 0 aromatic carbocycles. The Morgan fingerprint density at radius 2 is 2.11 bits per heavy atom. The lowest BCUT2D eigenvalue weighted by Gasteiger charge is -2.13. The molecule has 0 amide bonds. The number of aliphatic hydroxyl groups excluding tert-OH is 1. The van der Waals surface area contributed by atoms with E-state index in [1.165, 1.54) is 11.3 Å². The average molecular weight is 356 g/mol.